The fourth-order valence-electron chi connectivity index (χ4n) is 2.81. The Morgan fingerprint density at radius 2 is 1.81 bits per heavy atom. The quantitative estimate of drug-likeness (QED) is 0.506. The number of aromatic carboxylic acids is 1. The van der Waals surface area contributed by atoms with E-state index in [9.17, 15) is 9.90 Å². The fourth-order valence-corrected chi connectivity index (χ4v) is 4.63. The Hall–Kier alpha value is -1.37. The molecule has 4 nitrogen and oxygen atoms in total. The molecule has 0 spiro atoms. The average molecular weight is 448 g/mol. The van der Waals surface area contributed by atoms with Crippen LogP contribution < -0.4 is 0 Å². The number of halogens is 4. The number of carboxylic acids is 1. The molecule has 0 unspecified atom stereocenters. The first-order valence-corrected chi connectivity index (χ1v) is 9.31. The largest absolute Gasteiger partial charge is 0.476 e. The molecule has 2 heterocycles. The summed E-state index contributed by atoms with van der Waals surface area (Å²) in [7, 11) is 0. The summed E-state index contributed by atoms with van der Waals surface area (Å²) in [5.74, 6) is -0.451. The van der Waals surface area contributed by atoms with Gasteiger partial charge in [-0.3, -0.25) is 0 Å². The predicted molar refractivity (Wildman–Crippen MR) is 108 cm³/mol. The minimum Gasteiger partial charge on any atom is -0.476 e. The van der Waals surface area contributed by atoms with Gasteiger partial charge in [0.1, 0.15) is 0 Å². The molecule has 9 heteroatoms. The lowest BCUT2D eigenvalue weighted by atomic mass is 10.0. The number of carbonyl (C=O) groups is 1. The molecular formula is C17H10Cl4N2O2S. The standard InChI is InChI=1S/C17H9Cl3N2O2S.ClH/c18-9-1-3-11-8(5-9)7-25-16-14(17(23)24)21-22(15(11)16)13-4-2-10(19)6-12(13)20;/h1-6H,7H2,(H,23,24);1H. The summed E-state index contributed by atoms with van der Waals surface area (Å²) in [6.07, 6.45) is 0. The third-order valence-electron chi connectivity index (χ3n) is 3.88. The Morgan fingerprint density at radius 3 is 2.50 bits per heavy atom. The van der Waals surface area contributed by atoms with Crippen LogP contribution in [0, 0.1) is 0 Å². The molecule has 26 heavy (non-hydrogen) atoms. The molecule has 0 bridgehead atoms. The zero-order chi connectivity index (χ0) is 17.7. The zero-order valence-electron chi connectivity index (χ0n) is 12.9. The molecule has 2 aromatic carbocycles. The zero-order valence-corrected chi connectivity index (χ0v) is 16.8. The van der Waals surface area contributed by atoms with Crippen molar-refractivity contribution in [2.75, 3.05) is 0 Å². The summed E-state index contributed by atoms with van der Waals surface area (Å²) in [6, 6.07) is 10.6. The second-order valence-corrected chi connectivity index (χ2v) is 7.69. The highest BCUT2D eigenvalue weighted by atomic mass is 35.5. The van der Waals surface area contributed by atoms with E-state index < -0.39 is 5.97 Å². The number of carboxylic acid groups (broad SMARTS) is 1. The lowest BCUT2D eigenvalue weighted by Crippen LogP contribution is -2.04. The molecule has 1 N–H and O–H groups in total. The van der Waals surface area contributed by atoms with Crippen molar-refractivity contribution in [3.63, 3.8) is 0 Å². The Balaban J connectivity index is 0.00000196. The maximum Gasteiger partial charge on any atom is 0.357 e. The summed E-state index contributed by atoms with van der Waals surface area (Å²) in [5.41, 5.74) is 3.19. The molecule has 134 valence electrons. The van der Waals surface area contributed by atoms with Crippen LogP contribution in [0.5, 0.6) is 0 Å². The fraction of sp³-hybridized carbons (Fsp3) is 0.0588. The van der Waals surface area contributed by atoms with E-state index in [1.807, 2.05) is 12.1 Å². The Kier molecular flexibility index (Phi) is 5.47. The molecule has 0 atom stereocenters. The van der Waals surface area contributed by atoms with Gasteiger partial charge in [-0.05, 0) is 35.9 Å². The SMILES string of the molecule is Cl.O=C(O)c1nn(-c2ccc(Cl)cc2Cl)c2c1SCc1cc(Cl)ccc1-2. The molecule has 1 aliphatic heterocycles. The lowest BCUT2D eigenvalue weighted by molar-refractivity contribution is 0.0686. The first-order valence-electron chi connectivity index (χ1n) is 7.19. The molecule has 1 aromatic heterocycles. The highest BCUT2D eigenvalue weighted by molar-refractivity contribution is 7.98. The highest BCUT2D eigenvalue weighted by Crippen LogP contribution is 2.45. The van der Waals surface area contributed by atoms with Gasteiger partial charge >= 0.3 is 5.97 Å². The number of hydrogen-bond donors (Lipinski definition) is 1. The van der Waals surface area contributed by atoms with Crippen LogP contribution >= 0.6 is 59.0 Å². The third kappa shape index (κ3) is 3.19. The second-order valence-electron chi connectivity index (χ2n) is 5.43. The van der Waals surface area contributed by atoms with Crippen molar-refractivity contribution in [2.45, 2.75) is 10.6 Å². The number of nitrogens with zero attached hydrogens (tertiary/aromatic N) is 2. The normalized spacial score (nSPS) is 12.1. The molecule has 0 radical (unpaired) electrons. The molecule has 0 saturated heterocycles. The summed E-state index contributed by atoms with van der Waals surface area (Å²) in [6.45, 7) is 0. The van der Waals surface area contributed by atoms with Gasteiger partial charge in [0.05, 0.1) is 21.3 Å². The number of benzene rings is 2. The van der Waals surface area contributed by atoms with Gasteiger partial charge in [0.15, 0.2) is 5.69 Å². The summed E-state index contributed by atoms with van der Waals surface area (Å²) in [4.78, 5) is 12.3. The van der Waals surface area contributed by atoms with Crippen molar-refractivity contribution in [1.82, 2.24) is 9.78 Å². The van der Waals surface area contributed by atoms with Crippen molar-refractivity contribution in [3.05, 3.63) is 62.7 Å². The van der Waals surface area contributed by atoms with E-state index in [1.165, 1.54) is 11.8 Å². The average Bonchev–Trinajstić information content (AvgIpc) is 2.94. The van der Waals surface area contributed by atoms with E-state index in [0.29, 0.717) is 37.1 Å². The third-order valence-corrected chi connectivity index (χ3v) is 5.78. The molecule has 0 saturated carbocycles. The molecule has 0 aliphatic carbocycles. The van der Waals surface area contributed by atoms with Crippen molar-refractivity contribution in [2.24, 2.45) is 0 Å². The summed E-state index contributed by atoms with van der Waals surface area (Å²) >= 11 is 19.8. The molecule has 0 fully saturated rings. The number of fused-ring (bicyclic) bond motifs is 3. The maximum absolute atomic E-state index is 11.7. The van der Waals surface area contributed by atoms with Gasteiger partial charge in [0.2, 0.25) is 0 Å². The molecule has 0 amide bonds. The van der Waals surface area contributed by atoms with Gasteiger partial charge in [0.25, 0.3) is 0 Å². The number of rotatable bonds is 2. The van der Waals surface area contributed by atoms with Gasteiger partial charge in [0, 0.05) is 21.4 Å². The Morgan fingerprint density at radius 1 is 1.12 bits per heavy atom. The van der Waals surface area contributed by atoms with Crippen molar-refractivity contribution in [1.29, 1.82) is 0 Å². The van der Waals surface area contributed by atoms with Crippen molar-refractivity contribution >= 4 is 64.9 Å². The smallest absolute Gasteiger partial charge is 0.357 e. The van der Waals surface area contributed by atoms with E-state index in [4.69, 9.17) is 34.8 Å². The van der Waals surface area contributed by atoms with Crippen LogP contribution in [0.2, 0.25) is 15.1 Å². The first kappa shape index (κ1) is 19.4. The van der Waals surface area contributed by atoms with Gasteiger partial charge < -0.3 is 5.11 Å². The molecule has 4 rings (SSSR count). The number of hydrogen-bond acceptors (Lipinski definition) is 3. The summed E-state index contributed by atoms with van der Waals surface area (Å²) < 4.78 is 1.57. The summed E-state index contributed by atoms with van der Waals surface area (Å²) in [5, 5.41) is 15.4. The van der Waals surface area contributed by atoms with Crippen LogP contribution in [-0.4, -0.2) is 20.9 Å². The van der Waals surface area contributed by atoms with Crippen LogP contribution in [0.3, 0.4) is 0 Å². The van der Waals surface area contributed by atoms with Crippen LogP contribution in [0.15, 0.2) is 41.3 Å². The monoisotopic (exact) mass is 446 g/mol. The lowest BCUT2D eigenvalue weighted by Gasteiger charge is -2.19. The van der Waals surface area contributed by atoms with Crippen LogP contribution in [-0.2, 0) is 5.75 Å². The maximum atomic E-state index is 11.7. The molecule has 3 aromatic rings. The Bertz CT molecular complexity index is 1040. The van der Waals surface area contributed by atoms with Gasteiger partial charge in [-0.2, -0.15) is 5.10 Å². The van der Waals surface area contributed by atoms with Gasteiger partial charge in [-0.15, -0.1) is 24.2 Å². The van der Waals surface area contributed by atoms with E-state index in [2.05, 4.69) is 5.10 Å². The number of aromatic nitrogens is 2. The van der Waals surface area contributed by atoms with E-state index in [-0.39, 0.29) is 18.1 Å². The first-order chi connectivity index (χ1) is 12.0. The predicted octanol–water partition coefficient (Wildman–Crippen LogP) is 6.23. The van der Waals surface area contributed by atoms with Gasteiger partial charge in [-0.1, -0.05) is 40.9 Å². The molecular weight excluding hydrogens is 438 g/mol. The number of thioether (sulfide) groups is 1. The van der Waals surface area contributed by atoms with Crippen LogP contribution in [0.1, 0.15) is 16.1 Å². The minimum atomic E-state index is -1.08. The Labute approximate surface area is 174 Å². The minimum absolute atomic E-state index is 0. The van der Waals surface area contributed by atoms with Crippen molar-refractivity contribution in [3.8, 4) is 16.9 Å². The second kappa shape index (κ2) is 7.33. The molecule has 1 aliphatic rings. The van der Waals surface area contributed by atoms with E-state index in [0.717, 1.165) is 11.1 Å². The topological polar surface area (TPSA) is 55.1 Å². The van der Waals surface area contributed by atoms with Gasteiger partial charge in [-0.25, -0.2) is 9.48 Å². The van der Waals surface area contributed by atoms with Crippen LogP contribution in [0.4, 0.5) is 0 Å². The van der Waals surface area contributed by atoms with E-state index in [1.54, 1.807) is 28.9 Å². The van der Waals surface area contributed by atoms with Crippen molar-refractivity contribution < 1.29 is 9.90 Å². The van der Waals surface area contributed by atoms with E-state index >= 15 is 0 Å². The van der Waals surface area contributed by atoms with Crippen LogP contribution in [0.25, 0.3) is 16.9 Å². The highest BCUT2D eigenvalue weighted by Gasteiger charge is 2.30.